The molecular formula is C27H28N2O3. The molecule has 1 saturated heterocycles. The Morgan fingerprint density at radius 1 is 1.06 bits per heavy atom. The number of anilines is 1. The maximum Gasteiger partial charge on any atom is 0.227 e. The van der Waals surface area contributed by atoms with Gasteiger partial charge >= 0.3 is 0 Å². The molecule has 2 aliphatic rings. The highest BCUT2D eigenvalue weighted by Crippen LogP contribution is 2.47. The summed E-state index contributed by atoms with van der Waals surface area (Å²) in [4.78, 5) is 15.4. The van der Waals surface area contributed by atoms with Crippen LogP contribution in [0.15, 0.2) is 72.8 Å². The van der Waals surface area contributed by atoms with E-state index in [4.69, 9.17) is 4.74 Å². The second kappa shape index (κ2) is 8.67. The van der Waals surface area contributed by atoms with Crippen LogP contribution in [-0.4, -0.2) is 42.2 Å². The van der Waals surface area contributed by atoms with Gasteiger partial charge in [-0.2, -0.15) is 0 Å². The molecule has 3 aromatic carbocycles. The van der Waals surface area contributed by atoms with Gasteiger partial charge in [0, 0.05) is 18.2 Å². The van der Waals surface area contributed by atoms with Crippen LogP contribution in [0.2, 0.25) is 0 Å². The summed E-state index contributed by atoms with van der Waals surface area (Å²) in [5.41, 5.74) is 5.32. The summed E-state index contributed by atoms with van der Waals surface area (Å²) in [7, 11) is 1.67. The lowest BCUT2D eigenvalue weighted by molar-refractivity contribution is -0.131. The minimum absolute atomic E-state index is 0.0369. The van der Waals surface area contributed by atoms with Gasteiger partial charge < -0.3 is 20.1 Å². The summed E-state index contributed by atoms with van der Waals surface area (Å²) in [6.07, 6.45) is 1.28. The number of rotatable bonds is 5. The first-order valence-corrected chi connectivity index (χ1v) is 11.2. The van der Waals surface area contributed by atoms with E-state index in [1.54, 1.807) is 7.11 Å². The van der Waals surface area contributed by atoms with Gasteiger partial charge in [0.1, 0.15) is 5.75 Å². The van der Waals surface area contributed by atoms with Gasteiger partial charge in [-0.05, 0) is 52.9 Å². The molecule has 2 N–H and O–H groups in total. The number of likely N-dealkylation sites (tertiary alicyclic amines) is 1. The van der Waals surface area contributed by atoms with E-state index < -0.39 is 0 Å². The molecule has 1 amide bonds. The van der Waals surface area contributed by atoms with Crippen LogP contribution in [-0.2, 0) is 11.2 Å². The summed E-state index contributed by atoms with van der Waals surface area (Å²) < 4.78 is 5.40. The number of carbonyl (C=O) groups is 1. The molecule has 3 atom stereocenters. The van der Waals surface area contributed by atoms with Crippen LogP contribution in [0.4, 0.5) is 5.69 Å². The minimum Gasteiger partial charge on any atom is -0.497 e. The van der Waals surface area contributed by atoms with Crippen molar-refractivity contribution in [2.75, 3.05) is 25.6 Å². The second-order valence-corrected chi connectivity index (χ2v) is 8.61. The van der Waals surface area contributed by atoms with Crippen LogP contribution in [0.25, 0.3) is 11.1 Å². The fraction of sp³-hybridized carbons (Fsp3) is 0.296. The number of nitrogens with one attached hydrogen (secondary N) is 1. The van der Waals surface area contributed by atoms with Gasteiger partial charge in [-0.15, -0.1) is 0 Å². The van der Waals surface area contributed by atoms with Crippen molar-refractivity contribution < 1.29 is 14.6 Å². The van der Waals surface area contributed by atoms with Crippen molar-refractivity contribution in [3.05, 3.63) is 83.9 Å². The molecule has 2 aliphatic heterocycles. The Morgan fingerprint density at radius 2 is 1.88 bits per heavy atom. The Bertz CT molecular complexity index is 1110. The van der Waals surface area contributed by atoms with Crippen LogP contribution >= 0.6 is 0 Å². The van der Waals surface area contributed by atoms with Crippen LogP contribution < -0.4 is 10.1 Å². The summed E-state index contributed by atoms with van der Waals surface area (Å²) in [5.74, 6) is 1.14. The lowest BCUT2D eigenvalue weighted by Crippen LogP contribution is -2.43. The van der Waals surface area contributed by atoms with E-state index in [-0.39, 0.29) is 30.5 Å². The van der Waals surface area contributed by atoms with E-state index in [1.807, 2.05) is 53.4 Å². The number of hydrogen-bond donors (Lipinski definition) is 2. The number of nitrogens with zero attached hydrogens (tertiary/aromatic N) is 1. The van der Waals surface area contributed by atoms with Crippen molar-refractivity contribution in [2.24, 2.45) is 5.92 Å². The molecule has 5 rings (SSSR count). The largest absolute Gasteiger partial charge is 0.497 e. The van der Waals surface area contributed by atoms with Gasteiger partial charge in [0.25, 0.3) is 0 Å². The quantitative estimate of drug-likeness (QED) is 0.637. The molecule has 1 fully saturated rings. The van der Waals surface area contributed by atoms with Gasteiger partial charge in [0.05, 0.1) is 32.2 Å². The Morgan fingerprint density at radius 3 is 2.66 bits per heavy atom. The number of hydrogen-bond acceptors (Lipinski definition) is 4. The van der Waals surface area contributed by atoms with Crippen LogP contribution in [0.1, 0.15) is 23.6 Å². The van der Waals surface area contributed by atoms with Gasteiger partial charge in [-0.3, -0.25) is 4.79 Å². The number of benzene rings is 3. The number of aliphatic hydroxyl groups excluding tert-OH is 1. The van der Waals surface area contributed by atoms with Gasteiger partial charge in [-0.1, -0.05) is 48.5 Å². The van der Waals surface area contributed by atoms with E-state index in [0.29, 0.717) is 13.0 Å². The van der Waals surface area contributed by atoms with Crippen molar-refractivity contribution >= 4 is 11.6 Å². The van der Waals surface area contributed by atoms with Gasteiger partial charge in [0.2, 0.25) is 5.91 Å². The molecule has 2 heterocycles. The molecule has 0 saturated carbocycles. The van der Waals surface area contributed by atoms with Crippen molar-refractivity contribution in [2.45, 2.75) is 24.9 Å². The molecule has 5 nitrogen and oxygen atoms in total. The zero-order valence-corrected chi connectivity index (χ0v) is 18.2. The Labute approximate surface area is 188 Å². The molecule has 0 spiro atoms. The standard InChI is InChI=1S/C27H28N2O3/c1-32-21-9-5-8-19(15-21)20-10-11-24-23(16-20)27-22(25(17-30)28-24)12-13-29(27)26(31)14-18-6-3-2-4-7-18/h2-11,15-16,22,25,27-28,30H,12-14,17H2,1H3/t22-,25+,27-/m0/s1. The maximum atomic E-state index is 13.3. The molecule has 0 aromatic heterocycles. The topological polar surface area (TPSA) is 61.8 Å². The number of aliphatic hydroxyl groups is 1. The molecule has 0 bridgehead atoms. The Balaban J connectivity index is 1.51. The first-order valence-electron chi connectivity index (χ1n) is 11.2. The summed E-state index contributed by atoms with van der Waals surface area (Å²) in [6, 6.07) is 24.2. The molecule has 5 heteroatoms. The summed E-state index contributed by atoms with van der Waals surface area (Å²) in [5, 5.41) is 13.6. The van der Waals surface area contributed by atoms with E-state index >= 15 is 0 Å². The Hall–Kier alpha value is -3.31. The molecule has 32 heavy (non-hydrogen) atoms. The highest BCUT2D eigenvalue weighted by molar-refractivity contribution is 5.81. The third-order valence-electron chi connectivity index (χ3n) is 6.79. The van der Waals surface area contributed by atoms with Gasteiger partial charge in [0.15, 0.2) is 0 Å². The van der Waals surface area contributed by atoms with Crippen molar-refractivity contribution in [3.8, 4) is 16.9 Å². The third-order valence-corrected chi connectivity index (χ3v) is 6.79. The van der Waals surface area contributed by atoms with Crippen LogP contribution in [0.5, 0.6) is 5.75 Å². The first-order chi connectivity index (χ1) is 15.7. The minimum atomic E-state index is -0.0512. The second-order valence-electron chi connectivity index (χ2n) is 8.61. The lowest BCUT2D eigenvalue weighted by Gasteiger charge is -2.39. The fourth-order valence-corrected chi connectivity index (χ4v) is 5.20. The van der Waals surface area contributed by atoms with Crippen molar-refractivity contribution in [1.82, 2.24) is 4.90 Å². The fourth-order valence-electron chi connectivity index (χ4n) is 5.20. The average molecular weight is 429 g/mol. The van der Waals surface area contributed by atoms with Crippen molar-refractivity contribution in [1.29, 1.82) is 0 Å². The highest BCUT2D eigenvalue weighted by Gasteiger charge is 2.45. The predicted octanol–water partition coefficient (Wildman–Crippen LogP) is 4.28. The van der Waals surface area contributed by atoms with E-state index in [0.717, 1.165) is 40.1 Å². The zero-order chi connectivity index (χ0) is 22.1. The Kier molecular flexibility index (Phi) is 5.58. The molecular weight excluding hydrogens is 400 g/mol. The molecule has 3 aromatic rings. The number of ether oxygens (including phenoxy) is 1. The third kappa shape index (κ3) is 3.73. The van der Waals surface area contributed by atoms with E-state index in [2.05, 4.69) is 29.6 Å². The monoisotopic (exact) mass is 428 g/mol. The number of methoxy groups -OCH3 is 1. The first kappa shape index (κ1) is 20.6. The lowest BCUT2D eigenvalue weighted by atomic mass is 9.82. The van der Waals surface area contributed by atoms with E-state index in [1.165, 1.54) is 0 Å². The van der Waals surface area contributed by atoms with Gasteiger partial charge in [-0.25, -0.2) is 0 Å². The predicted molar refractivity (Wildman–Crippen MR) is 126 cm³/mol. The smallest absolute Gasteiger partial charge is 0.227 e. The molecule has 0 unspecified atom stereocenters. The van der Waals surface area contributed by atoms with E-state index in [9.17, 15) is 9.90 Å². The van der Waals surface area contributed by atoms with Crippen LogP contribution in [0.3, 0.4) is 0 Å². The normalized spacial score (nSPS) is 21.4. The summed E-state index contributed by atoms with van der Waals surface area (Å²) >= 11 is 0. The number of carbonyl (C=O) groups excluding carboxylic acids is 1. The zero-order valence-electron chi connectivity index (χ0n) is 18.2. The average Bonchev–Trinajstić information content (AvgIpc) is 3.30. The summed E-state index contributed by atoms with van der Waals surface area (Å²) in [6.45, 7) is 0.765. The number of fused-ring (bicyclic) bond motifs is 3. The number of amides is 1. The maximum absolute atomic E-state index is 13.3. The SMILES string of the molecule is COc1cccc(-c2ccc3c(c2)[C@@H]2[C@@H](CCN2C(=O)Cc2ccccc2)[C@@H](CO)N3)c1. The molecule has 0 radical (unpaired) electrons. The van der Waals surface area contributed by atoms with Crippen molar-refractivity contribution in [3.63, 3.8) is 0 Å². The highest BCUT2D eigenvalue weighted by atomic mass is 16.5. The van der Waals surface area contributed by atoms with Crippen LogP contribution in [0, 0.1) is 5.92 Å². The molecule has 0 aliphatic carbocycles. The molecule has 164 valence electrons.